The Balaban J connectivity index is 2.07. The van der Waals surface area contributed by atoms with Gasteiger partial charge < -0.3 is 13.9 Å². The van der Waals surface area contributed by atoms with E-state index >= 15 is 0 Å². The van der Waals surface area contributed by atoms with Gasteiger partial charge in [0.05, 0.1) is 12.7 Å². The molecule has 0 amide bonds. The standard InChI is InChI=1S/C14H11BrO5/c1-18-14(17)13-5-3-11(20-13)8-19-12-4-2-10(15)6-9(12)7-16/h2-7H,8H2,1H3. The smallest absolute Gasteiger partial charge is 0.373 e. The first-order valence-corrected chi connectivity index (χ1v) is 6.48. The second kappa shape index (κ2) is 6.38. The van der Waals surface area contributed by atoms with Crippen molar-refractivity contribution in [3.63, 3.8) is 0 Å². The van der Waals surface area contributed by atoms with Crippen LogP contribution in [0.5, 0.6) is 5.75 Å². The average Bonchev–Trinajstić information content (AvgIpc) is 2.93. The molecule has 0 spiro atoms. The first-order valence-electron chi connectivity index (χ1n) is 5.68. The van der Waals surface area contributed by atoms with Crippen LogP contribution < -0.4 is 4.74 Å². The van der Waals surface area contributed by atoms with Gasteiger partial charge >= 0.3 is 5.97 Å². The summed E-state index contributed by atoms with van der Waals surface area (Å²) in [4.78, 5) is 22.2. The highest BCUT2D eigenvalue weighted by atomic mass is 79.9. The zero-order valence-electron chi connectivity index (χ0n) is 10.6. The molecule has 104 valence electrons. The molecule has 0 aliphatic carbocycles. The van der Waals surface area contributed by atoms with E-state index < -0.39 is 5.97 Å². The number of ether oxygens (including phenoxy) is 2. The molecule has 1 aromatic carbocycles. The molecule has 0 N–H and O–H groups in total. The number of halogens is 1. The number of rotatable bonds is 5. The highest BCUT2D eigenvalue weighted by molar-refractivity contribution is 9.10. The third-order valence-corrected chi connectivity index (χ3v) is 3.01. The molecule has 0 unspecified atom stereocenters. The summed E-state index contributed by atoms with van der Waals surface area (Å²) in [5.41, 5.74) is 0.430. The van der Waals surface area contributed by atoms with Gasteiger partial charge in [0.1, 0.15) is 18.1 Å². The summed E-state index contributed by atoms with van der Waals surface area (Å²) in [6.07, 6.45) is 0.710. The molecule has 0 fully saturated rings. The van der Waals surface area contributed by atoms with E-state index in [-0.39, 0.29) is 12.4 Å². The van der Waals surface area contributed by atoms with E-state index in [1.54, 1.807) is 24.3 Å². The molecule has 0 bridgehead atoms. The minimum atomic E-state index is -0.548. The van der Waals surface area contributed by atoms with Crippen LogP contribution in [0.2, 0.25) is 0 Å². The summed E-state index contributed by atoms with van der Waals surface area (Å²) in [5.74, 6) is 0.468. The third kappa shape index (κ3) is 3.27. The summed E-state index contributed by atoms with van der Waals surface area (Å²) in [6, 6.07) is 8.23. The molecule has 0 aliphatic rings. The molecule has 0 saturated carbocycles. The zero-order chi connectivity index (χ0) is 14.5. The molecular weight excluding hydrogens is 328 g/mol. The normalized spacial score (nSPS) is 10.1. The first kappa shape index (κ1) is 14.3. The maximum Gasteiger partial charge on any atom is 0.373 e. The van der Waals surface area contributed by atoms with Gasteiger partial charge in [-0.25, -0.2) is 4.79 Å². The number of carbonyl (C=O) groups excluding carboxylic acids is 2. The van der Waals surface area contributed by atoms with Crippen molar-refractivity contribution in [2.24, 2.45) is 0 Å². The quantitative estimate of drug-likeness (QED) is 0.618. The van der Waals surface area contributed by atoms with Crippen molar-refractivity contribution in [2.75, 3.05) is 7.11 Å². The van der Waals surface area contributed by atoms with Crippen LogP contribution in [0, 0.1) is 0 Å². The highest BCUT2D eigenvalue weighted by Gasteiger charge is 2.12. The molecule has 20 heavy (non-hydrogen) atoms. The van der Waals surface area contributed by atoms with Gasteiger partial charge in [0.15, 0.2) is 6.29 Å². The van der Waals surface area contributed by atoms with Crippen molar-refractivity contribution in [2.45, 2.75) is 6.61 Å². The van der Waals surface area contributed by atoms with Gasteiger partial charge in [0.2, 0.25) is 5.76 Å². The van der Waals surface area contributed by atoms with Crippen LogP contribution in [0.1, 0.15) is 26.7 Å². The van der Waals surface area contributed by atoms with Crippen LogP contribution in [0.4, 0.5) is 0 Å². The Morgan fingerprint density at radius 2 is 2.15 bits per heavy atom. The van der Waals surface area contributed by atoms with Gasteiger partial charge in [0, 0.05) is 4.47 Å². The Morgan fingerprint density at radius 3 is 2.85 bits per heavy atom. The Morgan fingerprint density at radius 1 is 1.35 bits per heavy atom. The number of methoxy groups -OCH3 is 1. The fourth-order valence-corrected chi connectivity index (χ4v) is 1.94. The first-order chi connectivity index (χ1) is 9.63. The van der Waals surface area contributed by atoms with Crippen LogP contribution in [-0.4, -0.2) is 19.4 Å². The van der Waals surface area contributed by atoms with Gasteiger partial charge in [-0.15, -0.1) is 0 Å². The van der Waals surface area contributed by atoms with E-state index in [9.17, 15) is 9.59 Å². The summed E-state index contributed by atoms with van der Waals surface area (Å²) in [7, 11) is 1.28. The monoisotopic (exact) mass is 338 g/mol. The van der Waals surface area contributed by atoms with E-state index in [1.807, 2.05) is 0 Å². The lowest BCUT2D eigenvalue weighted by Crippen LogP contribution is -1.99. The Labute approximate surface area is 123 Å². The summed E-state index contributed by atoms with van der Waals surface area (Å²) < 4.78 is 16.1. The minimum absolute atomic E-state index is 0.109. The molecule has 0 saturated heterocycles. The Kier molecular flexibility index (Phi) is 4.57. The number of esters is 1. The highest BCUT2D eigenvalue weighted by Crippen LogP contribution is 2.23. The van der Waals surface area contributed by atoms with Crippen LogP contribution >= 0.6 is 15.9 Å². The second-order valence-electron chi connectivity index (χ2n) is 3.85. The van der Waals surface area contributed by atoms with Gasteiger partial charge in [-0.05, 0) is 30.3 Å². The lowest BCUT2D eigenvalue weighted by atomic mass is 10.2. The lowest BCUT2D eigenvalue weighted by molar-refractivity contribution is 0.0561. The van der Waals surface area contributed by atoms with Crippen LogP contribution in [0.3, 0.4) is 0 Å². The van der Waals surface area contributed by atoms with Gasteiger partial charge in [0.25, 0.3) is 0 Å². The summed E-state index contributed by atoms with van der Waals surface area (Å²) >= 11 is 3.28. The van der Waals surface area contributed by atoms with Gasteiger partial charge in [-0.1, -0.05) is 15.9 Å². The fourth-order valence-electron chi connectivity index (χ4n) is 1.56. The van der Waals surface area contributed by atoms with Crippen molar-refractivity contribution >= 4 is 28.2 Å². The molecular formula is C14H11BrO5. The maximum atomic E-state index is 11.2. The van der Waals surface area contributed by atoms with Crippen molar-refractivity contribution in [3.05, 3.63) is 51.9 Å². The predicted molar refractivity (Wildman–Crippen MR) is 73.9 cm³/mol. The van der Waals surface area contributed by atoms with Crippen molar-refractivity contribution < 1.29 is 23.5 Å². The molecule has 0 aliphatic heterocycles. The fraction of sp³-hybridized carbons (Fsp3) is 0.143. The number of hydrogen-bond acceptors (Lipinski definition) is 5. The van der Waals surface area contributed by atoms with Crippen LogP contribution in [0.15, 0.2) is 39.2 Å². The Bertz CT molecular complexity index is 632. The van der Waals surface area contributed by atoms with E-state index in [1.165, 1.54) is 13.2 Å². The summed E-state index contributed by atoms with van der Waals surface area (Å²) in [5, 5.41) is 0. The number of benzene rings is 1. The largest absolute Gasteiger partial charge is 0.485 e. The Hall–Kier alpha value is -2.08. The number of hydrogen-bond donors (Lipinski definition) is 0. The molecule has 6 heteroatoms. The summed E-state index contributed by atoms with van der Waals surface area (Å²) in [6.45, 7) is 0.111. The number of furan rings is 1. The molecule has 2 rings (SSSR count). The molecule has 1 heterocycles. The zero-order valence-corrected chi connectivity index (χ0v) is 12.2. The number of aldehydes is 1. The SMILES string of the molecule is COC(=O)c1ccc(COc2ccc(Br)cc2C=O)o1. The molecule has 0 radical (unpaired) electrons. The average molecular weight is 339 g/mol. The molecule has 0 atom stereocenters. The minimum Gasteiger partial charge on any atom is -0.485 e. The van der Waals surface area contributed by atoms with Gasteiger partial charge in [-0.2, -0.15) is 0 Å². The molecule has 5 nitrogen and oxygen atoms in total. The molecule has 2 aromatic rings. The second-order valence-corrected chi connectivity index (χ2v) is 4.76. The topological polar surface area (TPSA) is 65.7 Å². The van der Waals surface area contributed by atoms with E-state index in [2.05, 4.69) is 20.7 Å². The van der Waals surface area contributed by atoms with E-state index in [0.717, 1.165) is 4.47 Å². The van der Waals surface area contributed by atoms with E-state index in [4.69, 9.17) is 9.15 Å². The van der Waals surface area contributed by atoms with Crippen molar-refractivity contribution in [3.8, 4) is 5.75 Å². The van der Waals surface area contributed by atoms with Gasteiger partial charge in [-0.3, -0.25) is 4.79 Å². The number of carbonyl (C=O) groups is 2. The van der Waals surface area contributed by atoms with E-state index in [0.29, 0.717) is 23.4 Å². The van der Waals surface area contributed by atoms with Crippen molar-refractivity contribution in [1.82, 2.24) is 0 Å². The van der Waals surface area contributed by atoms with Crippen molar-refractivity contribution in [1.29, 1.82) is 0 Å². The lowest BCUT2D eigenvalue weighted by Gasteiger charge is -2.07. The van der Waals surface area contributed by atoms with Crippen LogP contribution in [-0.2, 0) is 11.3 Å². The predicted octanol–water partition coefficient (Wildman–Crippen LogP) is 3.22. The maximum absolute atomic E-state index is 11.2. The molecule has 1 aromatic heterocycles. The van der Waals surface area contributed by atoms with Crippen LogP contribution in [0.25, 0.3) is 0 Å². The third-order valence-electron chi connectivity index (χ3n) is 2.52.